The topological polar surface area (TPSA) is 37.3 Å². The van der Waals surface area contributed by atoms with E-state index in [1.54, 1.807) is 0 Å². The van der Waals surface area contributed by atoms with Crippen molar-refractivity contribution in [1.29, 1.82) is 0 Å². The molecule has 0 amide bonds. The summed E-state index contributed by atoms with van der Waals surface area (Å²) < 4.78 is 0. The number of carbonyl (C=O) groups excluding carboxylic acids is 1. The third-order valence-corrected chi connectivity index (χ3v) is 6.96. The minimum Gasteiger partial charge on any atom is -0.508 e. The van der Waals surface area contributed by atoms with Gasteiger partial charge < -0.3 is 5.11 Å². The fourth-order valence-electron chi connectivity index (χ4n) is 5.96. The first kappa shape index (κ1) is 14.3. The van der Waals surface area contributed by atoms with Crippen LogP contribution in [0.1, 0.15) is 63.5 Å². The molecule has 22 heavy (non-hydrogen) atoms. The summed E-state index contributed by atoms with van der Waals surface area (Å²) in [6.45, 7) is 6.52. The van der Waals surface area contributed by atoms with Crippen molar-refractivity contribution in [2.24, 2.45) is 22.7 Å². The van der Waals surface area contributed by atoms with Gasteiger partial charge in [0, 0.05) is 10.8 Å². The van der Waals surface area contributed by atoms with Gasteiger partial charge in [-0.2, -0.15) is 0 Å². The zero-order valence-electron chi connectivity index (χ0n) is 13.9. The molecule has 118 valence electrons. The largest absolute Gasteiger partial charge is 0.508 e. The predicted octanol–water partition coefficient (Wildman–Crippen LogP) is 4.45. The van der Waals surface area contributed by atoms with Crippen molar-refractivity contribution < 1.29 is 9.90 Å². The molecule has 3 aliphatic carbocycles. The summed E-state index contributed by atoms with van der Waals surface area (Å²) in [5.74, 6) is 2.65. The molecule has 1 N–H and O–H groups in total. The summed E-state index contributed by atoms with van der Waals surface area (Å²) in [6, 6.07) is 5.91. The number of Topliss-reactive ketones (excluding diaryl/α,β-unsaturated/α-hetero) is 1. The van der Waals surface area contributed by atoms with Crippen molar-refractivity contribution in [3.8, 4) is 5.75 Å². The molecule has 2 heteroatoms. The molecule has 4 rings (SSSR count). The Morgan fingerprint density at radius 3 is 2.73 bits per heavy atom. The summed E-state index contributed by atoms with van der Waals surface area (Å²) >= 11 is 0. The number of carbonyl (C=O) groups is 1. The normalized spacial score (nSPS) is 39.0. The molecule has 1 aromatic carbocycles. The Kier molecular flexibility index (Phi) is 2.84. The van der Waals surface area contributed by atoms with E-state index in [4.69, 9.17) is 0 Å². The fourth-order valence-corrected chi connectivity index (χ4v) is 5.96. The van der Waals surface area contributed by atoms with E-state index in [0.717, 1.165) is 25.7 Å². The monoisotopic (exact) mass is 298 g/mol. The van der Waals surface area contributed by atoms with Crippen LogP contribution in [-0.2, 0) is 11.2 Å². The quantitative estimate of drug-likeness (QED) is 0.768. The maximum Gasteiger partial charge on any atom is 0.144 e. The lowest BCUT2D eigenvalue weighted by Crippen LogP contribution is -2.43. The van der Waals surface area contributed by atoms with E-state index >= 15 is 0 Å². The van der Waals surface area contributed by atoms with Crippen molar-refractivity contribution >= 4 is 5.78 Å². The number of hydrogen-bond donors (Lipinski definition) is 1. The van der Waals surface area contributed by atoms with Crippen LogP contribution in [0, 0.1) is 22.7 Å². The van der Waals surface area contributed by atoms with Crippen LogP contribution in [0.2, 0.25) is 0 Å². The molecule has 2 saturated carbocycles. The lowest BCUT2D eigenvalue weighted by atomic mass is 9.55. The Morgan fingerprint density at radius 1 is 1.18 bits per heavy atom. The minimum absolute atomic E-state index is 0.0981. The molecule has 2 nitrogen and oxygen atoms in total. The van der Waals surface area contributed by atoms with Gasteiger partial charge in [0.2, 0.25) is 0 Å². The smallest absolute Gasteiger partial charge is 0.144 e. The summed E-state index contributed by atoms with van der Waals surface area (Å²) in [6.07, 6.45) is 5.42. The maximum absolute atomic E-state index is 12.9. The third kappa shape index (κ3) is 1.76. The number of aryl methyl sites for hydroxylation is 1. The number of hydrogen-bond acceptors (Lipinski definition) is 2. The molecule has 0 heterocycles. The van der Waals surface area contributed by atoms with Crippen molar-refractivity contribution in [3.05, 3.63) is 29.3 Å². The van der Waals surface area contributed by atoms with Gasteiger partial charge in [0.25, 0.3) is 0 Å². The lowest BCUT2D eigenvalue weighted by molar-refractivity contribution is -0.134. The number of phenolic OH excluding ortho intramolecular Hbond substituents is 1. The molecule has 0 aromatic heterocycles. The van der Waals surface area contributed by atoms with Crippen LogP contribution >= 0.6 is 0 Å². The number of rotatable bonds is 0. The van der Waals surface area contributed by atoms with Crippen LogP contribution in [0.15, 0.2) is 18.2 Å². The SMILES string of the molecule is CC1(C)C[C@H]2[C@@H]3CCc4cc(O)ccc4[C@H]3CC[C@]2(C)C1=O. The van der Waals surface area contributed by atoms with E-state index in [9.17, 15) is 9.90 Å². The van der Waals surface area contributed by atoms with Crippen molar-refractivity contribution in [3.63, 3.8) is 0 Å². The van der Waals surface area contributed by atoms with Gasteiger partial charge in [-0.15, -0.1) is 0 Å². The maximum atomic E-state index is 12.9. The van der Waals surface area contributed by atoms with E-state index in [1.165, 1.54) is 17.5 Å². The molecule has 0 unspecified atom stereocenters. The van der Waals surface area contributed by atoms with Gasteiger partial charge >= 0.3 is 0 Å². The second-order valence-electron chi connectivity index (χ2n) is 8.67. The van der Waals surface area contributed by atoms with Crippen LogP contribution in [0.3, 0.4) is 0 Å². The standard InChI is InChI=1S/C20H26O2/c1-19(2)11-17-16-6-4-12-10-13(21)5-7-14(12)15(16)8-9-20(17,3)18(19)22/h5,7,10,15-17,21H,4,6,8-9,11H2,1-3H3/t15-,16-,17+,20+/m1/s1. The third-order valence-electron chi connectivity index (χ3n) is 6.96. The van der Waals surface area contributed by atoms with Gasteiger partial charge in [0.15, 0.2) is 0 Å². The van der Waals surface area contributed by atoms with Gasteiger partial charge in [-0.1, -0.05) is 26.8 Å². The van der Waals surface area contributed by atoms with Crippen LogP contribution in [0.25, 0.3) is 0 Å². The Bertz CT molecular complexity index is 645. The van der Waals surface area contributed by atoms with E-state index < -0.39 is 0 Å². The first-order chi connectivity index (χ1) is 10.3. The van der Waals surface area contributed by atoms with E-state index in [-0.39, 0.29) is 10.8 Å². The molecular weight excluding hydrogens is 272 g/mol. The average molecular weight is 298 g/mol. The van der Waals surface area contributed by atoms with E-state index in [0.29, 0.717) is 29.3 Å². The van der Waals surface area contributed by atoms with Gasteiger partial charge in [-0.25, -0.2) is 0 Å². The Hall–Kier alpha value is -1.31. The van der Waals surface area contributed by atoms with Crippen molar-refractivity contribution in [2.75, 3.05) is 0 Å². The van der Waals surface area contributed by atoms with Gasteiger partial charge in [-0.3, -0.25) is 4.79 Å². The van der Waals surface area contributed by atoms with Crippen LogP contribution in [0.5, 0.6) is 5.75 Å². The number of aromatic hydroxyl groups is 1. The van der Waals surface area contributed by atoms with Crippen LogP contribution < -0.4 is 0 Å². The second-order valence-corrected chi connectivity index (χ2v) is 8.67. The highest BCUT2D eigenvalue weighted by molar-refractivity contribution is 5.92. The molecule has 0 saturated heterocycles. The van der Waals surface area contributed by atoms with Crippen molar-refractivity contribution in [1.82, 2.24) is 0 Å². The zero-order valence-corrected chi connectivity index (χ0v) is 13.9. The molecular formula is C20H26O2. The fraction of sp³-hybridized carbons (Fsp3) is 0.650. The number of ketones is 1. The highest BCUT2D eigenvalue weighted by Gasteiger charge is 2.60. The summed E-state index contributed by atoms with van der Waals surface area (Å²) in [5.41, 5.74) is 2.52. The number of fused-ring (bicyclic) bond motifs is 5. The Labute approximate surface area is 132 Å². The highest BCUT2D eigenvalue weighted by Crippen LogP contribution is 2.63. The average Bonchev–Trinajstić information content (AvgIpc) is 2.66. The molecule has 4 atom stereocenters. The Balaban J connectivity index is 1.74. The number of benzene rings is 1. The zero-order chi connectivity index (χ0) is 15.7. The minimum atomic E-state index is -0.149. The van der Waals surface area contributed by atoms with Gasteiger partial charge in [-0.05, 0) is 73.1 Å². The number of phenols is 1. The van der Waals surface area contributed by atoms with E-state index in [1.807, 2.05) is 12.1 Å². The van der Waals surface area contributed by atoms with Gasteiger partial charge in [0.1, 0.15) is 11.5 Å². The predicted molar refractivity (Wildman–Crippen MR) is 86.9 cm³/mol. The molecule has 0 radical (unpaired) electrons. The summed E-state index contributed by atoms with van der Waals surface area (Å²) in [5, 5.41) is 9.73. The van der Waals surface area contributed by atoms with Gasteiger partial charge in [0.05, 0.1) is 0 Å². The Morgan fingerprint density at radius 2 is 1.95 bits per heavy atom. The molecule has 0 bridgehead atoms. The van der Waals surface area contributed by atoms with E-state index in [2.05, 4.69) is 26.8 Å². The van der Waals surface area contributed by atoms with Crippen LogP contribution in [0.4, 0.5) is 0 Å². The molecule has 0 aliphatic heterocycles. The molecule has 3 aliphatic rings. The lowest BCUT2D eigenvalue weighted by Gasteiger charge is -2.48. The van der Waals surface area contributed by atoms with Crippen LogP contribution in [-0.4, -0.2) is 10.9 Å². The summed E-state index contributed by atoms with van der Waals surface area (Å²) in [4.78, 5) is 12.9. The summed E-state index contributed by atoms with van der Waals surface area (Å²) in [7, 11) is 0. The second kappa shape index (κ2) is 4.37. The highest BCUT2D eigenvalue weighted by atomic mass is 16.3. The first-order valence-corrected chi connectivity index (χ1v) is 8.70. The van der Waals surface area contributed by atoms with Crippen molar-refractivity contribution in [2.45, 2.75) is 58.8 Å². The molecule has 2 fully saturated rings. The molecule has 1 aromatic rings. The molecule has 0 spiro atoms. The first-order valence-electron chi connectivity index (χ1n) is 8.70.